The van der Waals surface area contributed by atoms with Crippen LogP contribution in [-0.4, -0.2) is 60.5 Å². The Morgan fingerprint density at radius 1 is 1.24 bits per heavy atom. The van der Waals surface area contributed by atoms with Gasteiger partial charge < -0.3 is 19.6 Å². The average molecular weight is 453 g/mol. The Morgan fingerprint density at radius 3 is 2.61 bits per heavy atom. The predicted octanol–water partition coefficient (Wildman–Crippen LogP) is 2.38. The summed E-state index contributed by atoms with van der Waals surface area (Å²) in [6, 6.07) is 8.23. The Balaban J connectivity index is 2.01. The summed E-state index contributed by atoms with van der Waals surface area (Å²) < 4.78 is 5.83. The second kappa shape index (κ2) is 10.6. The number of rotatable bonds is 9. The molecule has 0 aliphatic carbocycles. The van der Waals surface area contributed by atoms with Crippen LogP contribution in [0.15, 0.2) is 48.3 Å². The van der Waals surface area contributed by atoms with Crippen LogP contribution in [0.3, 0.4) is 0 Å². The van der Waals surface area contributed by atoms with Gasteiger partial charge in [-0.1, -0.05) is 19.9 Å². The van der Waals surface area contributed by atoms with E-state index in [0.717, 1.165) is 24.3 Å². The number of aryl methyl sites for hydroxylation is 1. The summed E-state index contributed by atoms with van der Waals surface area (Å²) in [6.45, 7) is 7.92. The summed E-state index contributed by atoms with van der Waals surface area (Å²) in [5.41, 5.74) is 2.12. The molecular formula is C26H34N3O4+. The molecule has 1 aromatic heterocycles. The number of hydrogen-bond acceptors (Lipinski definition) is 5. The fourth-order valence-corrected chi connectivity index (χ4v) is 3.97. The summed E-state index contributed by atoms with van der Waals surface area (Å²) in [7, 11) is 4.09. The van der Waals surface area contributed by atoms with Crippen molar-refractivity contribution in [2.45, 2.75) is 33.2 Å². The number of nitrogens with zero attached hydrogens (tertiary/aromatic N) is 2. The lowest BCUT2D eigenvalue weighted by Crippen LogP contribution is -3.05. The lowest BCUT2D eigenvalue weighted by Gasteiger charge is -2.25. The molecular weight excluding hydrogens is 418 g/mol. The van der Waals surface area contributed by atoms with Gasteiger partial charge in [-0.25, -0.2) is 0 Å². The van der Waals surface area contributed by atoms with Gasteiger partial charge in [0.25, 0.3) is 11.7 Å². The maximum atomic E-state index is 13.1. The normalized spacial score (nSPS) is 17.9. The van der Waals surface area contributed by atoms with Crippen LogP contribution in [-0.2, 0) is 9.59 Å². The van der Waals surface area contributed by atoms with Gasteiger partial charge in [0, 0.05) is 30.9 Å². The van der Waals surface area contributed by atoms with Crippen LogP contribution in [0, 0.1) is 12.8 Å². The fourth-order valence-electron chi connectivity index (χ4n) is 3.97. The summed E-state index contributed by atoms with van der Waals surface area (Å²) >= 11 is 0. The molecule has 1 aliphatic rings. The number of aliphatic hydroxyl groups excluding tert-OH is 1. The van der Waals surface area contributed by atoms with E-state index in [-0.39, 0.29) is 11.3 Å². The molecule has 0 spiro atoms. The van der Waals surface area contributed by atoms with Gasteiger partial charge in [0.15, 0.2) is 0 Å². The van der Waals surface area contributed by atoms with Crippen molar-refractivity contribution in [2.24, 2.45) is 5.92 Å². The first-order chi connectivity index (χ1) is 15.7. The number of likely N-dealkylation sites (tertiary alicyclic amines) is 1. The number of carbonyl (C=O) groups excluding carboxylic acids is 2. The maximum absolute atomic E-state index is 13.1. The summed E-state index contributed by atoms with van der Waals surface area (Å²) in [5, 5.41) is 11.2. The number of benzene rings is 1. The molecule has 7 heteroatoms. The third-order valence-corrected chi connectivity index (χ3v) is 5.64. The molecule has 176 valence electrons. The standard InChI is InChI=1S/C26H33N3O4/c1-17(2)16-33-21-10-9-19(14-18(21)3)24(30)22-23(20-8-6-11-27-15-20)29(26(32)25(22)31)13-7-12-28(4)5/h6,8-11,14-15,17,23,30H,7,12-13,16H2,1-5H3/p+1. The minimum absolute atomic E-state index is 0.0976. The molecule has 33 heavy (non-hydrogen) atoms. The van der Waals surface area contributed by atoms with Crippen molar-refractivity contribution in [3.05, 3.63) is 65.0 Å². The van der Waals surface area contributed by atoms with Crippen molar-refractivity contribution in [1.29, 1.82) is 0 Å². The number of nitrogens with one attached hydrogen (secondary N) is 1. The van der Waals surface area contributed by atoms with Gasteiger partial charge in [-0.3, -0.25) is 14.6 Å². The highest BCUT2D eigenvalue weighted by Gasteiger charge is 2.46. The molecule has 1 aliphatic heterocycles. The number of pyridine rings is 1. The van der Waals surface area contributed by atoms with Crippen LogP contribution in [0.4, 0.5) is 0 Å². The zero-order chi connectivity index (χ0) is 24.1. The van der Waals surface area contributed by atoms with E-state index in [1.54, 1.807) is 41.6 Å². The number of hydrogen-bond donors (Lipinski definition) is 2. The molecule has 0 saturated carbocycles. The molecule has 1 aromatic carbocycles. The van der Waals surface area contributed by atoms with E-state index in [0.29, 0.717) is 30.2 Å². The zero-order valence-electron chi connectivity index (χ0n) is 20.1. The van der Waals surface area contributed by atoms with Gasteiger partial charge in [-0.05, 0) is 48.2 Å². The lowest BCUT2D eigenvalue weighted by molar-refractivity contribution is -0.858. The molecule has 1 fully saturated rings. The van der Waals surface area contributed by atoms with Crippen LogP contribution in [0.5, 0.6) is 5.75 Å². The van der Waals surface area contributed by atoms with E-state index in [9.17, 15) is 14.7 Å². The first-order valence-electron chi connectivity index (χ1n) is 11.4. The Morgan fingerprint density at radius 2 is 2.00 bits per heavy atom. The van der Waals surface area contributed by atoms with Crippen molar-refractivity contribution in [2.75, 3.05) is 33.8 Å². The van der Waals surface area contributed by atoms with Gasteiger partial charge in [0.2, 0.25) is 0 Å². The topological polar surface area (TPSA) is 84.2 Å². The maximum Gasteiger partial charge on any atom is 0.295 e. The molecule has 0 bridgehead atoms. The van der Waals surface area contributed by atoms with Gasteiger partial charge in [0.05, 0.1) is 38.9 Å². The Hall–Kier alpha value is -3.19. The van der Waals surface area contributed by atoms with Gasteiger partial charge in [0.1, 0.15) is 11.5 Å². The van der Waals surface area contributed by atoms with E-state index in [1.807, 2.05) is 27.1 Å². The van der Waals surface area contributed by atoms with E-state index in [4.69, 9.17) is 4.74 Å². The predicted molar refractivity (Wildman–Crippen MR) is 127 cm³/mol. The second-order valence-corrected chi connectivity index (χ2v) is 9.27. The average Bonchev–Trinajstić information content (AvgIpc) is 3.03. The van der Waals surface area contributed by atoms with E-state index in [1.165, 1.54) is 4.90 Å². The number of amides is 1. The van der Waals surface area contributed by atoms with Crippen molar-refractivity contribution < 1.29 is 24.3 Å². The van der Waals surface area contributed by atoms with Crippen LogP contribution in [0.2, 0.25) is 0 Å². The van der Waals surface area contributed by atoms with E-state index < -0.39 is 17.7 Å². The monoisotopic (exact) mass is 452 g/mol. The lowest BCUT2D eigenvalue weighted by atomic mass is 9.95. The van der Waals surface area contributed by atoms with Crippen molar-refractivity contribution in [3.8, 4) is 5.75 Å². The quantitative estimate of drug-likeness (QED) is 0.347. The number of carbonyl (C=O) groups is 2. The van der Waals surface area contributed by atoms with Crippen molar-refractivity contribution in [3.63, 3.8) is 0 Å². The first-order valence-corrected chi connectivity index (χ1v) is 11.4. The Bertz CT molecular complexity index is 1030. The van der Waals surface area contributed by atoms with Gasteiger partial charge >= 0.3 is 0 Å². The third-order valence-electron chi connectivity index (χ3n) is 5.64. The number of Topliss-reactive ketones (excluding diaryl/α,β-unsaturated/α-hetero) is 1. The molecule has 1 saturated heterocycles. The largest absolute Gasteiger partial charge is 0.507 e. The number of aromatic nitrogens is 1. The highest BCUT2D eigenvalue weighted by Crippen LogP contribution is 2.39. The molecule has 7 nitrogen and oxygen atoms in total. The SMILES string of the molecule is Cc1cc(C(O)=C2C(=O)C(=O)N(CCC[NH+](C)C)C2c2cccnc2)ccc1OCC(C)C. The second-order valence-electron chi connectivity index (χ2n) is 9.27. The van der Waals surface area contributed by atoms with Crippen LogP contribution in [0.1, 0.15) is 43.0 Å². The highest BCUT2D eigenvalue weighted by atomic mass is 16.5. The third kappa shape index (κ3) is 5.60. The minimum atomic E-state index is -0.673. The van der Waals surface area contributed by atoms with Gasteiger partial charge in [-0.2, -0.15) is 0 Å². The number of quaternary nitrogens is 1. The van der Waals surface area contributed by atoms with Crippen LogP contribution in [0.25, 0.3) is 5.76 Å². The van der Waals surface area contributed by atoms with Crippen molar-refractivity contribution in [1.82, 2.24) is 9.88 Å². The van der Waals surface area contributed by atoms with E-state index in [2.05, 4.69) is 18.8 Å². The summed E-state index contributed by atoms with van der Waals surface area (Å²) in [6.07, 6.45) is 4.03. The Labute approximate surface area is 195 Å². The Kier molecular flexibility index (Phi) is 7.87. The summed E-state index contributed by atoms with van der Waals surface area (Å²) in [5.74, 6) is -0.316. The molecule has 2 aromatic rings. The first kappa shape index (κ1) is 24.5. The van der Waals surface area contributed by atoms with Crippen molar-refractivity contribution >= 4 is 17.4 Å². The number of ketones is 1. The molecule has 1 amide bonds. The molecule has 3 rings (SSSR count). The highest BCUT2D eigenvalue weighted by molar-refractivity contribution is 6.46. The van der Waals surface area contributed by atoms with Crippen LogP contribution >= 0.6 is 0 Å². The molecule has 1 unspecified atom stereocenters. The van der Waals surface area contributed by atoms with E-state index >= 15 is 0 Å². The van der Waals surface area contributed by atoms with Crippen LogP contribution < -0.4 is 9.64 Å². The number of ether oxygens (including phenoxy) is 1. The number of aliphatic hydroxyl groups is 1. The fraction of sp³-hybridized carbons (Fsp3) is 0.423. The zero-order valence-corrected chi connectivity index (χ0v) is 20.1. The molecule has 0 radical (unpaired) electrons. The molecule has 1 atom stereocenters. The smallest absolute Gasteiger partial charge is 0.295 e. The molecule has 2 heterocycles. The summed E-state index contributed by atoms with van der Waals surface area (Å²) in [4.78, 5) is 33.0. The minimum Gasteiger partial charge on any atom is -0.507 e. The van der Waals surface area contributed by atoms with Gasteiger partial charge in [-0.15, -0.1) is 0 Å². The molecule has 2 N–H and O–H groups in total.